The van der Waals surface area contributed by atoms with E-state index in [4.69, 9.17) is 4.74 Å². The fourth-order valence-corrected chi connectivity index (χ4v) is 0.678. The summed E-state index contributed by atoms with van der Waals surface area (Å²) in [5.41, 5.74) is 0.276. The SMILES string of the molecule is CC.CNC(=O)c1ccc(OC)nn1. The molecule has 0 saturated carbocycles. The summed E-state index contributed by atoms with van der Waals surface area (Å²) in [5.74, 6) is 0.132. The van der Waals surface area contributed by atoms with Gasteiger partial charge in [-0.3, -0.25) is 4.79 Å². The van der Waals surface area contributed by atoms with Crippen LogP contribution in [0.15, 0.2) is 12.1 Å². The van der Waals surface area contributed by atoms with Gasteiger partial charge in [-0.15, -0.1) is 10.2 Å². The molecule has 0 bridgehead atoms. The lowest BCUT2D eigenvalue weighted by molar-refractivity contribution is 0.0957. The van der Waals surface area contributed by atoms with E-state index in [1.807, 2.05) is 13.8 Å². The largest absolute Gasteiger partial charge is 0.480 e. The smallest absolute Gasteiger partial charge is 0.271 e. The summed E-state index contributed by atoms with van der Waals surface area (Å²) >= 11 is 0. The predicted octanol–water partition coefficient (Wildman–Crippen LogP) is 0.871. The van der Waals surface area contributed by atoms with Crippen molar-refractivity contribution in [1.29, 1.82) is 0 Å². The normalized spacial score (nSPS) is 8.29. The number of hydrogen-bond donors (Lipinski definition) is 1. The Kier molecular flexibility index (Phi) is 6.02. The molecule has 1 rings (SSSR count). The molecule has 0 aliphatic rings. The van der Waals surface area contributed by atoms with E-state index in [1.165, 1.54) is 14.2 Å². The molecule has 1 N–H and O–H groups in total. The molecule has 0 aromatic carbocycles. The molecule has 14 heavy (non-hydrogen) atoms. The van der Waals surface area contributed by atoms with Crippen LogP contribution in [-0.2, 0) is 0 Å². The first-order chi connectivity index (χ1) is 6.77. The van der Waals surface area contributed by atoms with E-state index in [2.05, 4.69) is 15.5 Å². The van der Waals surface area contributed by atoms with Gasteiger partial charge in [-0.2, -0.15) is 0 Å². The van der Waals surface area contributed by atoms with Crippen LogP contribution in [-0.4, -0.2) is 30.3 Å². The maximum atomic E-state index is 11.0. The lowest BCUT2D eigenvalue weighted by atomic mass is 10.4. The molecular weight excluding hydrogens is 182 g/mol. The number of carbonyl (C=O) groups excluding carboxylic acids is 1. The number of amides is 1. The number of rotatable bonds is 2. The third kappa shape index (κ3) is 3.38. The Labute approximate surface area is 83.5 Å². The minimum absolute atomic E-state index is 0.259. The second kappa shape index (κ2) is 6.82. The maximum absolute atomic E-state index is 11.0. The summed E-state index contributed by atoms with van der Waals surface area (Å²) in [7, 11) is 3.03. The Morgan fingerprint density at radius 3 is 2.36 bits per heavy atom. The fraction of sp³-hybridized carbons (Fsp3) is 0.444. The molecule has 1 aromatic heterocycles. The van der Waals surface area contributed by atoms with Crippen molar-refractivity contribution in [2.75, 3.05) is 14.2 Å². The van der Waals surface area contributed by atoms with Crippen molar-refractivity contribution in [2.45, 2.75) is 13.8 Å². The van der Waals surface area contributed by atoms with E-state index in [0.717, 1.165) is 0 Å². The number of nitrogens with zero attached hydrogens (tertiary/aromatic N) is 2. The van der Waals surface area contributed by atoms with E-state index >= 15 is 0 Å². The highest BCUT2D eigenvalue weighted by molar-refractivity contribution is 5.91. The van der Waals surface area contributed by atoms with Crippen LogP contribution in [0.5, 0.6) is 5.88 Å². The lowest BCUT2D eigenvalue weighted by Crippen LogP contribution is -2.19. The van der Waals surface area contributed by atoms with Gasteiger partial charge in [0.2, 0.25) is 5.88 Å². The number of nitrogens with one attached hydrogen (secondary N) is 1. The van der Waals surface area contributed by atoms with Gasteiger partial charge in [-0.25, -0.2) is 0 Å². The van der Waals surface area contributed by atoms with Crippen LogP contribution >= 0.6 is 0 Å². The second-order valence-corrected chi connectivity index (χ2v) is 2.04. The topological polar surface area (TPSA) is 64.1 Å². The third-order valence-corrected chi connectivity index (χ3v) is 1.31. The molecule has 0 aliphatic heterocycles. The van der Waals surface area contributed by atoms with Crippen LogP contribution in [0.1, 0.15) is 24.3 Å². The highest BCUT2D eigenvalue weighted by Crippen LogP contribution is 2.02. The molecular formula is C9H15N3O2. The highest BCUT2D eigenvalue weighted by Gasteiger charge is 2.04. The number of carbonyl (C=O) groups is 1. The zero-order valence-electron chi connectivity index (χ0n) is 8.87. The summed E-state index contributed by atoms with van der Waals surface area (Å²) in [6, 6.07) is 3.13. The highest BCUT2D eigenvalue weighted by atomic mass is 16.5. The average Bonchev–Trinajstić information content (AvgIpc) is 2.31. The Morgan fingerprint density at radius 2 is 2.00 bits per heavy atom. The van der Waals surface area contributed by atoms with E-state index in [9.17, 15) is 4.79 Å². The number of aromatic nitrogens is 2. The van der Waals surface area contributed by atoms with Crippen LogP contribution in [0, 0.1) is 0 Å². The van der Waals surface area contributed by atoms with Crippen molar-refractivity contribution in [1.82, 2.24) is 15.5 Å². The van der Waals surface area contributed by atoms with Crippen LogP contribution in [0.3, 0.4) is 0 Å². The van der Waals surface area contributed by atoms with Gasteiger partial charge in [-0.1, -0.05) is 13.8 Å². The van der Waals surface area contributed by atoms with Crippen molar-refractivity contribution in [3.05, 3.63) is 17.8 Å². The number of methoxy groups -OCH3 is 1. The van der Waals surface area contributed by atoms with E-state index in [-0.39, 0.29) is 11.6 Å². The predicted molar refractivity (Wildman–Crippen MR) is 53.3 cm³/mol. The first-order valence-corrected chi connectivity index (χ1v) is 4.37. The van der Waals surface area contributed by atoms with Gasteiger partial charge in [0.15, 0.2) is 5.69 Å². The Morgan fingerprint density at radius 1 is 1.36 bits per heavy atom. The van der Waals surface area contributed by atoms with Gasteiger partial charge >= 0.3 is 0 Å². The molecule has 1 aromatic rings. The summed E-state index contributed by atoms with van der Waals surface area (Å²) in [6.07, 6.45) is 0. The Bertz CT molecular complexity index is 272. The molecule has 0 aliphatic carbocycles. The molecule has 1 amide bonds. The summed E-state index contributed by atoms with van der Waals surface area (Å²) in [5, 5.41) is 9.70. The minimum atomic E-state index is -0.259. The molecule has 1 heterocycles. The van der Waals surface area contributed by atoms with Crippen molar-refractivity contribution in [3.63, 3.8) is 0 Å². The first kappa shape index (κ1) is 12.3. The van der Waals surface area contributed by atoms with Crippen molar-refractivity contribution in [3.8, 4) is 5.88 Å². The van der Waals surface area contributed by atoms with Gasteiger partial charge in [0.25, 0.3) is 5.91 Å². The molecule has 0 saturated heterocycles. The number of hydrogen-bond acceptors (Lipinski definition) is 4. The van der Waals surface area contributed by atoms with E-state index < -0.39 is 0 Å². The molecule has 5 heteroatoms. The zero-order chi connectivity index (χ0) is 11.0. The summed E-state index contributed by atoms with van der Waals surface area (Å²) < 4.78 is 4.78. The Hall–Kier alpha value is -1.65. The fourth-order valence-electron chi connectivity index (χ4n) is 0.678. The van der Waals surface area contributed by atoms with Gasteiger partial charge in [0.1, 0.15) is 0 Å². The average molecular weight is 197 g/mol. The number of ether oxygens (including phenoxy) is 1. The van der Waals surface area contributed by atoms with Gasteiger partial charge < -0.3 is 10.1 Å². The van der Waals surface area contributed by atoms with Gasteiger partial charge in [-0.05, 0) is 6.07 Å². The monoisotopic (exact) mass is 197 g/mol. The molecule has 0 fully saturated rings. The van der Waals surface area contributed by atoms with Crippen molar-refractivity contribution in [2.24, 2.45) is 0 Å². The van der Waals surface area contributed by atoms with Crippen molar-refractivity contribution >= 4 is 5.91 Å². The van der Waals surface area contributed by atoms with Gasteiger partial charge in [0.05, 0.1) is 7.11 Å². The quantitative estimate of drug-likeness (QED) is 0.764. The van der Waals surface area contributed by atoms with Crippen LogP contribution in [0.25, 0.3) is 0 Å². The molecule has 0 atom stereocenters. The molecule has 5 nitrogen and oxygen atoms in total. The molecule has 0 radical (unpaired) electrons. The van der Waals surface area contributed by atoms with Crippen LogP contribution < -0.4 is 10.1 Å². The van der Waals surface area contributed by atoms with Gasteiger partial charge in [0, 0.05) is 13.1 Å². The molecule has 0 unspecified atom stereocenters. The standard InChI is InChI=1S/C7H9N3O2.C2H6/c1-8-7(11)5-3-4-6(12-2)10-9-5;1-2/h3-4H,1-2H3,(H,8,11);1-2H3. The second-order valence-electron chi connectivity index (χ2n) is 2.04. The maximum Gasteiger partial charge on any atom is 0.271 e. The van der Waals surface area contributed by atoms with Crippen molar-refractivity contribution < 1.29 is 9.53 Å². The third-order valence-electron chi connectivity index (χ3n) is 1.31. The van der Waals surface area contributed by atoms with E-state index in [1.54, 1.807) is 12.1 Å². The van der Waals surface area contributed by atoms with E-state index in [0.29, 0.717) is 5.88 Å². The summed E-state index contributed by atoms with van der Waals surface area (Å²) in [6.45, 7) is 4.00. The zero-order valence-corrected chi connectivity index (χ0v) is 8.87. The first-order valence-electron chi connectivity index (χ1n) is 4.37. The van der Waals surface area contributed by atoms with Crippen LogP contribution in [0.4, 0.5) is 0 Å². The molecule has 78 valence electrons. The Balaban J connectivity index is 0.000000791. The summed E-state index contributed by atoms with van der Waals surface area (Å²) in [4.78, 5) is 11.0. The van der Waals surface area contributed by atoms with Crippen LogP contribution in [0.2, 0.25) is 0 Å². The minimum Gasteiger partial charge on any atom is -0.480 e. The molecule has 0 spiro atoms. The lowest BCUT2D eigenvalue weighted by Gasteiger charge is -1.98.